The number of carbonyl (C=O) groups is 2. The number of hydrogen-bond acceptors (Lipinski definition) is 4. The molecule has 0 spiro atoms. The van der Waals surface area contributed by atoms with Gasteiger partial charge in [0.05, 0.1) is 12.0 Å². The topological polar surface area (TPSA) is 49.9 Å². The maximum Gasteiger partial charge on any atom is 0.417 e. The van der Waals surface area contributed by atoms with Gasteiger partial charge in [-0.1, -0.05) is 12.2 Å². The molecule has 2 fully saturated rings. The SMILES string of the molecule is C=C(C1=C(C)CC2C(CN(C)C)C(=O)N(C(=O)OC(C)(C)C)C12)C1CC1. The molecule has 3 atom stereocenters. The van der Waals surface area contributed by atoms with E-state index in [1.54, 1.807) is 0 Å². The Labute approximate surface area is 157 Å². The van der Waals surface area contributed by atoms with Crippen LogP contribution in [0.2, 0.25) is 0 Å². The van der Waals surface area contributed by atoms with Gasteiger partial charge in [-0.2, -0.15) is 0 Å². The molecule has 0 radical (unpaired) electrons. The first-order valence-corrected chi connectivity index (χ1v) is 9.61. The van der Waals surface area contributed by atoms with Gasteiger partial charge in [-0.15, -0.1) is 0 Å². The highest BCUT2D eigenvalue weighted by Gasteiger charge is 2.56. The molecular formula is C21H32N2O3. The van der Waals surface area contributed by atoms with E-state index in [-0.39, 0.29) is 23.8 Å². The maximum atomic E-state index is 13.2. The lowest BCUT2D eigenvalue weighted by molar-refractivity contribution is -0.131. The Bertz CT molecular complexity index is 667. The summed E-state index contributed by atoms with van der Waals surface area (Å²) < 4.78 is 5.59. The molecule has 2 amide bonds. The molecule has 0 N–H and O–H groups in total. The molecule has 0 aromatic rings. The van der Waals surface area contributed by atoms with Crippen molar-refractivity contribution in [2.24, 2.45) is 17.8 Å². The number of allylic oxidation sites excluding steroid dienone is 1. The number of ether oxygens (including phenoxy) is 1. The van der Waals surface area contributed by atoms with E-state index >= 15 is 0 Å². The number of imide groups is 1. The Morgan fingerprint density at radius 1 is 1.31 bits per heavy atom. The van der Waals surface area contributed by atoms with Crippen molar-refractivity contribution in [3.05, 3.63) is 23.3 Å². The van der Waals surface area contributed by atoms with Gasteiger partial charge in [0.15, 0.2) is 0 Å². The lowest BCUT2D eigenvalue weighted by Crippen LogP contribution is -2.44. The fourth-order valence-electron chi connectivity index (χ4n) is 4.46. The van der Waals surface area contributed by atoms with Crippen LogP contribution in [0.25, 0.3) is 0 Å². The summed E-state index contributed by atoms with van der Waals surface area (Å²) in [7, 11) is 3.94. The van der Waals surface area contributed by atoms with Crippen LogP contribution in [0.4, 0.5) is 4.79 Å². The van der Waals surface area contributed by atoms with Crippen molar-refractivity contribution in [3.8, 4) is 0 Å². The second-order valence-corrected chi connectivity index (χ2v) is 9.36. The molecule has 26 heavy (non-hydrogen) atoms. The Morgan fingerprint density at radius 3 is 2.42 bits per heavy atom. The molecule has 0 aromatic carbocycles. The number of nitrogens with zero attached hydrogens (tertiary/aromatic N) is 2. The van der Waals surface area contributed by atoms with E-state index in [4.69, 9.17) is 4.74 Å². The highest BCUT2D eigenvalue weighted by atomic mass is 16.6. The van der Waals surface area contributed by atoms with E-state index < -0.39 is 11.7 Å². The number of amides is 2. The molecule has 5 nitrogen and oxygen atoms in total. The van der Waals surface area contributed by atoms with Gasteiger partial charge in [0.1, 0.15) is 5.60 Å². The van der Waals surface area contributed by atoms with Crippen LogP contribution in [0.15, 0.2) is 23.3 Å². The highest BCUT2D eigenvalue weighted by molar-refractivity contribution is 5.97. The van der Waals surface area contributed by atoms with Crippen molar-refractivity contribution in [1.29, 1.82) is 0 Å². The zero-order valence-corrected chi connectivity index (χ0v) is 17.0. The van der Waals surface area contributed by atoms with Gasteiger partial charge in [0.25, 0.3) is 0 Å². The number of carbonyl (C=O) groups excluding carboxylic acids is 2. The van der Waals surface area contributed by atoms with E-state index in [0.717, 1.165) is 30.4 Å². The molecule has 1 saturated carbocycles. The normalized spacial score (nSPS) is 28.8. The third kappa shape index (κ3) is 3.46. The van der Waals surface area contributed by atoms with Crippen molar-refractivity contribution in [3.63, 3.8) is 0 Å². The molecule has 0 aromatic heterocycles. The molecule has 144 valence electrons. The fraction of sp³-hybridized carbons (Fsp3) is 0.714. The van der Waals surface area contributed by atoms with E-state index in [9.17, 15) is 9.59 Å². The average molecular weight is 360 g/mol. The molecule has 1 saturated heterocycles. The fourth-order valence-corrected chi connectivity index (χ4v) is 4.46. The van der Waals surface area contributed by atoms with Crippen molar-refractivity contribution >= 4 is 12.0 Å². The number of fused-ring (bicyclic) bond motifs is 1. The summed E-state index contributed by atoms with van der Waals surface area (Å²) in [5.41, 5.74) is 2.92. The minimum atomic E-state index is -0.627. The Kier molecular flexibility index (Phi) is 4.80. The lowest BCUT2D eigenvalue weighted by Gasteiger charge is -2.29. The second kappa shape index (κ2) is 6.52. The standard InChI is InChI=1S/C21H32N2O3/c1-12-10-15-16(11-22(6)7)19(24)23(20(25)26-21(3,4)5)18(15)17(12)13(2)14-8-9-14/h14-16,18H,2,8-11H2,1,3-7H3. The zero-order chi connectivity index (χ0) is 19.4. The minimum absolute atomic E-state index is 0.100. The predicted molar refractivity (Wildman–Crippen MR) is 102 cm³/mol. The van der Waals surface area contributed by atoms with Gasteiger partial charge in [0.2, 0.25) is 5.91 Å². The first kappa shape index (κ1) is 19.2. The molecule has 3 rings (SSSR count). The summed E-state index contributed by atoms with van der Waals surface area (Å²) in [6.45, 7) is 12.6. The van der Waals surface area contributed by atoms with Crippen molar-refractivity contribution < 1.29 is 14.3 Å². The van der Waals surface area contributed by atoms with Crippen LogP contribution in [0.3, 0.4) is 0 Å². The van der Waals surface area contributed by atoms with Crippen LogP contribution in [0.5, 0.6) is 0 Å². The minimum Gasteiger partial charge on any atom is -0.443 e. The van der Waals surface area contributed by atoms with E-state index in [1.807, 2.05) is 39.8 Å². The Morgan fingerprint density at radius 2 is 1.92 bits per heavy atom. The first-order valence-electron chi connectivity index (χ1n) is 9.61. The van der Waals surface area contributed by atoms with Gasteiger partial charge in [-0.25, -0.2) is 9.69 Å². The third-order valence-electron chi connectivity index (χ3n) is 5.62. The summed E-state index contributed by atoms with van der Waals surface area (Å²) in [6.07, 6.45) is 2.66. The first-order chi connectivity index (χ1) is 12.0. The van der Waals surface area contributed by atoms with Crippen molar-refractivity contribution in [1.82, 2.24) is 9.80 Å². The maximum absolute atomic E-state index is 13.2. The smallest absolute Gasteiger partial charge is 0.417 e. The second-order valence-electron chi connectivity index (χ2n) is 9.36. The van der Waals surface area contributed by atoms with E-state index in [1.165, 1.54) is 10.5 Å². The molecule has 3 unspecified atom stereocenters. The molecule has 1 aliphatic heterocycles. The Hall–Kier alpha value is -1.62. The van der Waals surface area contributed by atoms with E-state index in [2.05, 4.69) is 13.5 Å². The van der Waals surface area contributed by atoms with Crippen LogP contribution in [-0.2, 0) is 9.53 Å². The summed E-state index contributed by atoms with van der Waals surface area (Å²) in [4.78, 5) is 29.5. The van der Waals surface area contributed by atoms with Crippen LogP contribution in [-0.4, -0.2) is 54.1 Å². The summed E-state index contributed by atoms with van der Waals surface area (Å²) in [6, 6.07) is -0.213. The monoisotopic (exact) mass is 360 g/mol. The molecule has 0 bridgehead atoms. The van der Waals surface area contributed by atoms with Gasteiger partial charge >= 0.3 is 6.09 Å². The van der Waals surface area contributed by atoms with Gasteiger partial charge in [-0.05, 0) is 78.1 Å². The van der Waals surface area contributed by atoms with Gasteiger partial charge < -0.3 is 9.64 Å². The number of likely N-dealkylation sites (tertiary alicyclic amines) is 1. The summed E-state index contributed by atoms with van der Waals surface area (Å²) in [5, 5.41) is 0. The van der Waals surface area contributed by atoms with Crippen molar-refractivity contribution in [2.75, 3.05) is 20.6 Å². The summed E-state index contributed by atoms with van der Waals surface area (Å²) in [5.74, 6) is 0.364. The summed E-state index contributed by atoms with van der Waals surface area (Å²) >= 11 is 0. The van der Waals surface area contributed by atoms with Crippen LogP contribution >= 0.6 is 0 Å². The molecule has 3 aliphatic rings. The quantitative estimate of drug-likeness (QED) is 0.768. The van der Waals surface area contributed by atoms with Gasteiger partial charge in [-0.3, -0.25) is 4.79 Å². The predicted octanol–water partition coefficient (Wildman–Crippen LogP) is 3.61. The largest absolute Gasteiger partial charge is 0.443 e. The van der Waals surface area contributed by atoms with Crippen LogP contribution < -0.4 is 0 Å². The molecule has 1 heterocycles. The molecular weight excluding hydrogens is 328 g/mol. The van der Waals surface area contributed by atoms with Crippen molar-refractivity contribution in [2.45, 2.75) is 58.6 Å². The average Bonchev–Trinajstić information content (AvgIpc) is 3.23. The lowest BCUT2D eigenvalue weighted by atomic mass is 9.88. The van der Waals surface area contributed by atoms with Crippen LogP contribution in [0, 0.1) is 17.8 Å². The van der Waals surface area contributed by atoms with Gasteiger partial charge in [0, 0.05) is 12.5 Å². The molecule has 2 aliphatic carbocycles. The third-order valence-corrected chi connectivity index (χ3v) is 5.62. The highest BCUT2D eigenvalue weighted by Crippen LogP contribution is 2.52. The van der Waals surface area contributed by atoms with Crippen LogP contribution in [0.1, 0.15) is 47.0 Å². The number of hydrogen-bond donors (Lipinski definition) is 0. The number of rotatable bonds is 4. The zero-order valence-electron chi connectivity index (χ0n) is 17.0. The Balaban J connectivity index is 1.96. The van der Waals surface area contributed by atoms with E-state index in [0.29, 0.717) is 12.5 Å². The molecule has 5 heteroatoms.